The van der Waals surface area contributed by atoms with Gasteiger partial charge in [-0.2, -0.15) is 0 Å². The second kappa shape index (κ2) is 5.81. The fraction of sp³-hybridized carbons (Fsp3) is 0.333. The minimum absolute atomic E-state index is 0.146. The Balaban J connectivity index is 1.56. The summed E-state index contributed by atoms with van der Waals surface area (Å²) in [5.74, 6) is 2.67. The maximum Gasteiger partial charge on any atom is 0.134 e. The first kappa shape index (κ1) is 16.8. The Morgan fingerprint density at radius 2 is 1.70 bits per heavy atom. The van der Waals surface area contributed by atoms with Crippen molar-refractivity contribution >= 4 is 16.7 Å². The second-order valence-electron chi connectivity index (χ2n) is 9.24. The first-order chi connectivity index (χ1) is 14.7. The number of aromatic nitrogens is 1. The van der Waals surface area contributed by atoms with Crippen molar-refractivity contribution in [2.24, 2.45) is 5.92 Å². The van der Waals surface area contributed by atoms with Gasteiger partial charge in [0, 0.05) is 51.8 Å². The van der Waals surface area contributed by atoms with Crippen molar-refractivity contribution in [2.75, 3.05) is 0 Å². The van der Waals surface area contributed by atoms with Gasteiger partial charge in [-0.05, 0) is 50.8 Å². The molecular formula is C27H25NO2. The van der Waals surface area contributed by atoms with Gasteiger partial charge in [0.05, 0.1) is 0 Å². The zero-order valence-electron chi connectivity index (χ0n) is 17.4. The molecule has 1 aliphatic heterocycles. The van der Waals surface area contributed by atoms with Gasteiger partial charge in [0.25, 0.3) is 0 Å². The molecule has 3 aromatic rings. The van der Waals surface area contributed by atoms with Crippen molar-refractivity contribution in [1.82, 2.24) is 4.57 Å². The molecule has 30 heavy (non-hydrogen) atoms. The van der Waals surface area contributed by atoms with Gasteiger partial charge in [0.1, 0.15) is 23.2 Å². The zero-order chi connectivity index (χ0) is 20.0. The van der Waals surface area contributed by atoms with Crippen LogP contribution in [0.15, 0.2) is 58.6 Å². The highest BCUT2D eigenvalue weighted by Crippen LogP contribution is 2.54. The van der Waals surface area contributed by atoms with E-state index in [1.165, 1.54) is 39.0 Å². The zero-order valence-corrected chi connectivity index (χ0v) is 17.4. The van der Waals surface area contributed by atoms with Crippen LogP contribution in [0.25, 0.3) is 27.9 Å². The third kappa shape index (κ3) is 2.01. The van der Waals surface area contributed by atoms with Crippen LogP contribution in [-0.2, 0) is 24.0 Å². The van der Waals surface area contributed by atoms with E-state index in [0.29, 0.717) is 12.0 Å². The SMILES string of the molecule is CC(C)n1c2c(c3c1CCc1oc4ccccc4c1-3)C1=C(CC2)C2C=CC=CC2O1. The lowest BCUT2D eigenvalue weighted by atomic mass is 9.82. The number of hydrogen-bond donors (Lipinski definition) is 0. The van der Waals surface area contributed by atoms with E-state index in [2.05, 4.69) is 67.0 Å². The maximum atomic E-state index is 6.66. The van der Waals surface area contributed by atoms with Crippen molar-refractivity contribution in [3.8, 4) is 11.1 Å². The van der Waals surface area contributed by atoms with Crippen LogP contribution in [0.1, 0.15) is 49.0 Å². The Kier molecular flexibility index (Phi) is 3.26. The molecule has 2 atom stereocenters. The molecule has 0 saturated carbocycles. The molecule has 0 saturated heterocycles. The van der Waals surface area contributed by atoms with Crippen molar-refractivity contribution in [3.05, 3.63) is 76.9 Å². The highest BCUT2D eigenvalue weighted by Gasteiger charge is 2.43. The van der Waals surface area contributed by atoms with Crippen LogP contribution < -0.4 is 0 Å². The van der Waals surface area contributed by atoms with Crippen LogP contribution in [-0.4, -0.2) is 10.7 Å². The molecular weight excluding hydrogens is 370 g/mol. The van der Waals surface area contributed by atoms with Gasteiger partial charge in [0.15, 0.2) is 0 Å². The Labute approximate surface area is 176 Å². The largest absolute Gasteiger partial charge is 0.485 e. The summed E-state index contributed by atoms with van der Waals surface area (Å²) in [7, 11) is 0. The van der Waals surface area contributed by atoms with Gasteiger partial charge < -0.3 is 13.7 Å². The number of fused-ring (bicyclic) bond motifs is 10. The maximum absolute atomic E-state index is 6.66. The van der Waals surface area contributed by atoms with Gasteiger partial charge in [-0.25, -0.2) is 0 Å². The Morgan fingerprint density at radius 3 is 2.60 bits per heavy atom. The van der Waals surface area contributed by atoms with E-state index in [0.717, 1.165) is 42.8 Å². The molecule has 2 aromatic heterocycles. The molecule has 3 nitrogen and oxygen atoms in total. The van der Waals surface area contributed by atoms with E-state index in [4.69, 9.17) is 9.15 Å². The first-order valence-electron chi connectivity index (χ1n) is 11.2. The summed E-state index contributed by atoms with van der Waals surface area (Å²) in [6, 6.07) is 8.94. The molecule has 0 N–H and O–H groups in total. The van der Waals surface area contributed by atoms with Gasteiger partial charge in [0.2, 0.25) is 0 Å². The highest BCUT2D eigenvalue weighted by atomic mass is 16.5. The van der Waals surface area contributed by atoms with Crippen molar-refractivity contribution < 1.29 is 9.15 Å². The lowest BCUT2D eigenvalue weighted by Gasteiger charge is -2.21. The van der Waals surface area contributed by atoms with Gasteiger partial charge in [-0.15, -0.1) is 0 Å². The number of hydrogen-bond acceptors (Lipinski definition) is 2. The van der Waals surface area contributed by atoms with Crippen molar-refractivity contribution in [2.45, 2.75) is 51.7 Å². The molecule has 1 aromatic carbocycles. The molecule has 150 valence electrons. The molecule has 0 amide bonds. The monoisotopic (exact) mass is 395 g/mol. The number of rotatable bonds is 1. The van der Waals surface area contributed by atoms with Crippen LogP contribution in [0.3, 0.4) is 0 Å². The molecule has 3 aliphatic carbocycles. The third-order valence-corrected chi connectivity index (χ3v) is 7.32. The summed E-state index contributed by atoms with van der Waals surface area (Å²) in [6.45, 7) is 4.63. The molecule has 2 unspecified atom stereocenters. The second-order valence-corrected chi connectivity index (χ2v) is 9.24. The number of benzene rings is 1. The summed E-state index contributed by atoms with van der Waals surface area (Å²) in [5, 5.41) is 1.24. The number of furan rings is 1. The lowest BCUT2D eigenvalue weighted by molar-refractivity contribution is 0.212. The third-order valence-electron chi connectivity index (χ3n) is 7.32. The number of nitrogens with zero attached hydrogens (tertiary/aromatic N) is 1. The Hall–Kier alpha value is -2.94. The minimum Gasteiger partial charge on any atom is -0.485 e. The van der Waals surface area contributed by atoms with E-state index in [9.17, 15) is 0 Å². The highest BCUT2D eigenvalue weighted by molar-refractivity contribution is 6.01. The molecule has 0 bridgehead atoms. The molecule has 3 heteroatoms. The Morgan fingerprint density at radius 1 is 0.900 bits per heavy atom. The fourth-order valence-corrected chi connectivity index (χ4v) is 6.23. The minimum atomic E-state index is 0.146. The lowest BCUT2D eigenvalue weighted by Crippen LogP contribution is -2.16. The summed E-state index contributed by atoms with van der Waals surface area (Å²) >= 11 is 0. The normalized spacial score (nSPS) is 23.3. The van der Waals surface area contributed by atoms with E-state index in [1.54, 1.807) is 0 Å². The van der Waals surface area contributed by atoms with E-state index < -0.39 is 0 Å². The van der Waals surface area contributed by atoms with Crippen LogP contribution >= 0.6 is 0 Å². The average Bonchev–Trinajstić information content (AvgIpc) is 3.41. The molecule has 3 heterocycles. The molecule has 7 rings (SSSR count). The molecule has 0 radical (unpaired) electrons. The van der Waals surface area contributed by atoms with Gasteiger partial charge in [-0.3, -0.25) is 0 Å². The number of ether oxygens (including phenoxy) is 1. The van der Waals surface area contributed by atoms with Crippen LogP contribution in [0, 0.1) is 5.92 Å². The average molecular weight is 396 g/mol. The van der Waals surface area contributed by atoms with Crippen LogP contribution in [0.5, 0.6) is 0 Å². The summed E-state index contributed by atoms with van der Waals surface area (Å²) in [4.78, 5) is 0. The van der Waals surface area contributed by atoms with Gasteiger partial charge >= 0.3 is 0 Å². The fourth-order valence-electron chi connectivity index (χ4n) is 6.23. The predicted octanol–water partition coefficient (Wildman–Crippen LogP) is 6.38. The summed E-state index contributed by atoms with van der Waals surface area (Å²) in [6.07, 6.45) is 13.2. The molecule has 0 spiro atoms. The summed E-state index contributed by atoms with van der Waals surface area (Å²) in [5.41, 5.74) is 9.44. The molecule has 4 aliphatic rings. The van der Waals surface area contributed by atoms with Crippen LogP contribution in [0.2, 0.25) is 0 Å². The van der Waals surface area contributed by atoms with Crippen molar-refractivity contribution in [1.29, 1.82) is 0 Å². The first-order valence-corrected chi connectivity index (χ1v) is 11.2. The quantitative estimate of drug-likeness (QED) is 0.478. The summed E-state index contributed by atoms with van der Waals surface area (Å²) < 4.78 is 15.6. The standard InChI is InChI=1S/C27H25NO2/c1-15(2)28-19-13-14-23-24(18-8-4-6-10-22(18)29-23)25(19)26-20(28)12-11-17-16-7-3-5-9-21(16)30-27(17)26/h3-10,15-16,21H,11-14H2,1-2H3. The van der Waals surface area contributed by atoms with E-state index in [1.807, 2.05) is 0 Å². The smallest absolute Gasteiger partial charge is 0.134 e. The Bertz CT molecular complexity index is 1310. The number of para-hydroxylation sites is 1. The van der Waals surface area contributed by atoms with E-state index >= 15 is 0 Å². The molecule has 0 fully saturated rings. The van der Waals surface area contributed by atoms with E-state index in [-0.39, 0.29) is 6.10 Å². The van der Waals surface area contributed by atoms with Crippen molar-refractivity contribution in [3.63, 3.8) is 0 Å². The van der Waals surface area contributed by atoms with Gasteiger partial charge in [-0.1, -0.05) is 36.4 Å². The predicted molar refractivity (Wildman–Crippen MR) is 119 cm³/mol. The van der Waals surface area contributed by atoms with Crippen LogP contribution in [0.4, 0.5) is 0 Å². The number of allylic oxidation sites excluding steroid dienone is 2. The topological polar surface area (TPSA) is 27.3 Å². The number of aryl methyl sites for hydroxylation is 1.